The van der Waals surface area contributed by atoms with Crippen LogP contribution >= 0.6 is 23.4 Å². The number of piperidine rings is 1. The first kappa shape index (κ1) is 22.1. The van der Waals surface area contributed by atoms with Crippen LogP contribution in [0.5, 0.6) is 5.88 Å². The molecule has 1 saturated heterocycles. The average molecular weight is 438 g/mol. The summed E-state index contributed by atoms with van der Waals surface area (Å²) in [7, 11) is 1.53. The quantitative estimate of drug-likeness (QED) is 0.709. The fraction of sp³-hybridized carbons (Fsp3) is 0.550. The van der Waals surface area contributed by atoms with Crippen molar-refractivity contribution < 1.29 is 9.84 Å². The number of nitrogens with zero attached hydrogens (tertiary/aromatic N) is 4. The van der Waals surface area contributed by atoms with Crippen molar-refractivity contribution in [1.29, 1.82) is 0 Å². The first-order valence-electron chi connectivity index (χ1n) is 9.64. The van der Waals surface area contributed by atoms with Gasteiger partial charge in [0.2, 0.25) is 5.88 Å². The number of anilines is 1. The summed E-state index contributed by atoms with van der Waals surface area (Å²) in [4.78, 5) is 16.6. The van der Waals surface area contributed by atoms with E-state index in [-0.39, 0.29) is 18.1 Å². The van der Waals surface area contributed by atoms with Gasteiger partial charge in [-0.2, -0.15) is 0 Å². The molecule has 7 nitrogen and oxygen atoms in total. The molecule has 1 aliphatic rings. The molecular weight excluding hydrogens is 410 g/mol. The smallest absolute Gasteiger partial charge is 0.233 e. The van der Waals surface area contributed by atoms with Crippen molar-refractivity contribution in [3.05, 3.63) is 28.7 Å². The second kappa shape index (κ2) is 9.04. The molecule has 0 spiro atoms. The van der Waals surface area contributed by atoms with E-state index in [1.165, 1.54) is 18.9 Å². The molecule has 1 fully saturated rings. The summed E-state index contributed by atoms with van der Waals surface area (Å²) < 4.78 is 5.18. The lowest BCUT2D eigenvalue weighted by Crippen LogP contribution is -2.47. The molecule has 1 aliphatic heterocycles. The third kappa shape index (κ3) is 4.60. The Morgan fingerprint density at radius 1 is 1.38 bits per heavy atom. The number of rotatable bonds is 6. The minimum absolute atomic E-state index is 0.130. The van der Waals surface area contributed by atoms with E-state index >= 15 is 0 Å². The number of methoxy groups -OCH3 is 1. The highest BCUT2D eigenvalue weighted by molar-refractivity contribution is 7.99. The van der Waals surface area contributed by atoms with Crippen molar-refractivity contribution in [2.75, 3.05) is 25.1 Å². The van der Waals surface area contributed by atoms with E-state index < -0.39 is 0 Å². The fourth-order valence-electron chi connectivity index (χ4n) is 3.40. The standard InChI is InChI=1S/C20H28ClN5O2S/c1-12-19(29-15-5-8-23-18(28-4)16(15)21)25-14(11-27)17(24-12)26-9-6-20(3,7-10-26)13(2)22/h5,8,13,27H,6-7,9-11,22H2,1-4H3. The zero-order valence-electron chi connectivity index (χ0n) is 17.3. The minimum Gasteiger partial charge on any atom is -0.480 e. The summed E-state index contributed by atoms with van der Waals surface area (Å²) >= 11 is 7.75. The van der Waals surface area contributed by atoms with E-state index in [9.17, 15) is 5.11 Å². The fourth-order valence-corrected chi connectivity index (χ4v) is 4.57. The second-order valence-corrected chi connectivity index (χ2v) is 9.12. The molecule has 3 N–H and O–H groups in total. The number of hydrogen-bond donors (Lipinski definition) is 2. The van der Waals surface area contributed by atoms with Gasteiger partial charge in [-0.3, -0.25) is 0 Å². The van der Waals surface area contributed by atoms with Crippen LogP contribution in [0.15, 0.2) is 22.2 Å². The first-order valence-corrected chi connectivity index (χ1v) is 10.8. The molecule has 158 valence electrons. The number of aryl methyl sites for hydroxylation is 1. The maximum absolute atomic E-state index is 9.94. The number of halogens is 1. The van der Waals surface area contributed by atoms with Crippen LogP contribution in [0.3, 0.4) is 0 Å². The number of pyridine rings is 1. The van der Waals surface area contributed by atoms with Crippen molar-refractivity contribution in [2.45, 2.75) is 56.2 Å². The third-order valence-electron chi connectivity index (χ3n) is 5.75. The van der Waals surface area contributed by atoms with Crippen LogP contribution in [0.4, 0.5) is 5.82 Å². The van der Waals surface area contributed by atoms with Gasteiger partial charge in [-0.05, 0) is 38.2 Å². The Kier molecular flexibility index (Phi) is 6.88. The van der Waals surface area contributed by atoms with Crippen LogP contribution in [0.2, 0.25) is 5.02 Å². The normalized spacial score (nSPS) is 17.3. The Morgan fingerprint density at radius 3 is 2.66 bits per heavy atom. The largest absolute Gasteiger partial charge is 0.480 e. The van der Waals surface area contributed by atoms with Gasteiger partial charge < -0.3 is 20.5 Å². The molecule has 2 aromatic rings. The van der Waals surface area contributed by atoms with Gasteiger partial charge >= 0.3 is 0 Å². The Hall–Kier alpha value is -1.61. The molecule has 1 unspecified atom stereocenters. The molecular formula is C20H28ClN5O2S. The summed E-state index contributed by atoms with van der Waals surface area (Å²) in [6, 6.07) is 1.96. The van der Waals surface area contributed by atoms with Gasteiger partial charge in [-0.1, -0.05) is 30.3 Å². The molecule has 29 heavy (non-hydrogen) atoms. The summed E-state index contributed by atoms with van der Waals surface area (Å²) in [5.41, 5.74) is 7.66. The van der Waals surface area contributed by atoms with Gasteiger partial charge in [0, 0.05) is 30.2 Å². The Balaban J connectivity index is 1.85. The summed E-state index contributed by atoms with van der Waals surface area (Å²) in [6.45, 7) is 7.75. The minimum atomic E-state index is -0.176. The molecule has 3 heterocycles. The van der Waals surface area contributed by atoms with Crippen molar-refractivity contribution in [3.8, 4) is 5.88 Å². The van der Waals surface area contributed by atoms with Crippen LogP contribution in [0.1, 0.15) is 38.1 Å². The Bertz CT molecular complexity index is 872. The van der Waals surface area contributed by atoms with Gasteiger partial charge in [0.25, 0.3) is 0 Å². The van der Waals surface area contributed by atoms with Gasteiger partial charge in [-0.15, -0.1) is 0 Å². The van der Waals surface area contributed by atoms with Crippen LogP contribution in [-0.2, 0) is 6.61 Å². The number of hydrogen-bond acceptors (Lipinski definition) is 8. The first-order chi connectivity index (χ1) is 13.8. The third-order valence-corrected chi connectivity index (χ3v) is 7.37. The number of aromatic nitrogens is 3. The molecule has 0 bridgehead atoms. The summed E-state index contributed by atoms with van der Waals surface area (Å²) in [5, 5.41) is 11.1. The highest BCUT2D eigenvalue weighted by Gasteiger charge is 2.34. The average Bonchev–Trinajstić information content (AvgIpc) is 2.71. The number of nitrogens with two attached hydrogens (primary N) is 1. The Labute approximate surface area is 181 Å². The number of aliphatic hydroxyl groups is 1. The molecule has 2 aromatic heterocycles. The van der Waals surface area contributed by atoms with Crippen LogP contribution < -0.4 is 15.4 Å². The monoisotopic (exact) mass is 437 g/mol. The molecule has 1 atom stereocenters. The van der Waals surface area contributed by atoms with Crippen molar-refractivity contribution in [1.82, 2.24) is 15.0 Å². The second-order valence-electron chi connectivity index (χ2n) is 7.71. The van der Waals surface area contributed by atoms with Crippen LogP contribution in [0, 0.1) is 12.3 Å². The van der Waals surface area contributed by atoms with E-state index in [1.807, 2.05) is 13.0 Å². The SMILES string of the molecule is COc1nccc(Sc2nc(CO)c(N3CCC(C)(C(C)N)CC3)nc2C)c1Cl. The van der Waals surface area contributed by atoms with Gasteiger partial charge in [0.1, 0.15) is 15.7 Å². The number of aliphatic hydroxyl groups excluding tert-OH is 1. The number of ether oxygens (including phenoxy) is 1. The maximum atomic E-state index is 9.94. The van der Waals surface area contributed by atoms with E-state index in [2.05, 4.69) is 23.7 Å². The molecule has 0 aliphatic carbocycles. The van der Waals surface area contributed by atoms with Gasteiger partial charge in [-0.25, -0.2) is 15.0 Å². The van der Waals surface area contributed by atoms with Crippen molar-refractivity contribution in [3.63, 3.8) is 0 Å². The van der Waals surface area contributed by atoms with Gasteiger partial charge in [0.15, 0.2) is 5.82 Å². The molecule has 0 aromatic carbocycles. The summed E-state index contributed by atoms with van der Waals surface area (Å²) in [6.07, 6.45) is 3.61. The highest BCUT2D eigenvalue weighted by atomic mass is 35.5. The van der Waals surface area contributed by atoms with E-state index in [0.717, 1.165) is 42.3 Å². The zero-order valence-corrected chi connectivity index (χ0v) is 18.8. The molecule has 9 heteroatoms. The molecule has 0 amide bonds. The van der Waals surface area contributed by atoms with Crippen LogP contribution in [0.25, 0.3) is 0 Å². The summed E-state index contributed by atoms with van der Waals surface area (Å²) in [5.74, 6) is 1.12. The highest BCUT2D eigenvalue weighted by Crippen LogP contribution is 2.39. The molecule has 0 saturated carbocycles. The lowest BCUT2D eigenvalue weighted by Gasteiger charge is -2.42. The van der Waals surface area contributed by atoms with Crippen molar-refractivity contribution in [2.24, 2.45) is 11.1 Å². The molecule has 0 radical (unpaired) electrons. The Morgan fingerprint density at radius 2 is 2.07 bits per heavy atom. The molecule has 3 rings (SSSR count). The van der Waals surface area contributed by atoms with Crippen LogP contribution in [-0.4, -0.2) is 46.3 Å². The lowest BCUT2D eigenvalue weighted by molar-refractivity contribution is 0.204. The van der Waals surface area contributed by atoms with E-state index in [1.54, 1.807) is 6.20 Å². The zero-order chi connectivity index (χ0) is 21.2. The topological polar surface area (TPSA) is 97.4 Å². The van der Waals surface area contributed by atoms with E-state index in [0.29, 0.717) is 21.6 Å². The van der Waals surface area contributed by atoms with Gasteiger partial charge in [0.05, 0.1) is 19.4 Å². The predicted molar refractivity (Wildman–Crippen MR) is 116 cm³/mol. The predicted octanol–water partition coefficient (Wildman–Crippen LogP) is 3.44. The lowest BCUT2D eigenvalue weighted by atomic mass is 9.75. The maximum Gasteiger partial charge on any atom is 0.233 e. The van der Waals surface area contributed by atoms with Crippen molar-refractivity contribution >= 4 is 29.2 Å². The van der Waals surface area contributed by atoms with E-state index in [4.69, 9.17) is 32.0 Å².